The number of carbonyl (C=O) groups excluding carboxylic acids is 1. The van der Waals surface area contributed by atoms with Gasteiger partial charge in [0, 0.05) is 27.1 Å². The van der Waals surface area contributed by atoms with Crippen molar-refractivity contribution in [3.05, 3.63) is 101 Å². The van der Waals surface area contributed by atoms with E-state index in [-0.39, 0.29) is 5.91 Å². The summed E-state index contributed by atoms with van der Waals surface area (Å²) in [7, 11) is 0. The van der Waals surface area contributed by atoms with Crippen LogP contribution in [0.4, 0.5) is 17.1 Å². The van der Waals surface area contributed by atoms with Crippen molar-refractivity contribution in [2.24, 2.45) is 0 Å². The largest absolute Gasteiger partial charge is 0.356 e. The molecule has 1 heterocycles. The molecule has 4 aromatic carbocycles. The first-order chi connectivity index (χ1) is 14.7. The Morgan fingerprint density at radius 1 is 0.733 bits per heavy atom. The van der Waals surface area contributed by atoms with Crippen molar-refractivity contribution in [3.63, 3.8) is 0 Å². The van der Waals surface area contributed by atoms with Gasteiger partial charge in [0.1, 0.15) is 4.88 Å². The minimum Gasteiger partial charge on any atom is -0.356 e. The number of hydrogen-bond acceptors (Lipinski definition) is 3. The molecule has 0 aliphatic carbocycles. The second kappa shape index (κ2) is 7.82. The predicted molar refractivity (Wildman–Crippen MR) is 128 cm³/mol. The number of amides is 1. The van der Waals surface area contributed by atoms with E-state index in [9.17, 15) is 4.79 Å². The summed E-state index contributed by atoms with van der Waals surface area (Å²) >= 11 is 8.07. The van der Waals surface area contributed by atoms with Crippen LogP contribution in [0.5, 0.6) is 0 Å². The van der Waals surface area contributed by atoms with Crippen molar-refractivity contribution < 1.29 is 4.79 Å². The lowest BCUT2D eigenvalue weighted by molar-refractivity contribution is 0.103. The summed E-state index contributed by atoms with van der Waals surface area (Å²) in [5, 5.41) is 9.90. The lowest BCUT2D eigenvalue weighted by Crippen LogP contribution is -2.10. The highest BCUT2D eigenvalue weighted by atomic mass is 35.5. The van der Waals surface area contributed by atoms with Crippen molar-refractivity contribution in [1.82, 2.24) is 0 Å². The van der Waals surface area contributed by atoms with Crippen LogP contribution in [0.25, 0.3) is 20.9 Å². The molecule has 0 bridgehead atoms. The SMILES string of the molecule is O=C(Nc1ccc(Nc2ccccc2)cc1)c1sc2ccc3ccccc3c2c1Cl. The smallest absolute Gasteiger partial charge is 0.267 e. The third kappa shape index (κ3) is 3.52. The Kier molecular flexibility index (Phi) is 4.87. The highest BCUT2D eigenvalue weighted by molar-refractivity contribution is 7.22. The van der Waals surface area contributed by atoms with E-state index >= 15 is 0 Å². The van der Waals surface area contributed by atoms with Crippen LogP contribution in [0.15, 0.2) is 91.0 Å². The van der Waals surface area contributed by atoms with E-state index in [1.165, 1.54) is 11.3 Å². The molecule has 0 atom stereocenters. The molecular weight excluding hydrogens is 412 g/mol. The first-order valence-corrected chi connectivity index (χ1v) is 10.7. The maximum Gasteiger partial charge on any atom is 0.267 e. The molecule has 1 aromatic heterocycles. The number of para-hydroxylation sites is 1. The van der Waals surface area contributed by atoms with Crippen molar-refractivity contribution in [2.75, 3.05) is 10.6 Å². The second-order valence-electron chi connectivity index (χ2n) is 6.93. The zero-order valence-electron chi connectivity index (χ0n) is 15.9. The maximum absolute atomic E-state index is 12.9. The number of thiophene rings is 1. The lowest BCUT2D eigenvalue weighted by Gasteiger charge is -2.08. The average molecular weight is 429 g/mol. The van der Waals surface area contributed by atoms with Crippen molar-refractivity contribution in [3.8, 4) is 0 Å². The molecule has 0 aliphatic heterocycles. The quantitative estimate of drug-likeness (QED) is 0.308. The Hall–Kier alpha value is -3.34. The van der Waals surface area contributed by atoms with Crippen molar-refractivity contribution >= 4 is 66.8 Å². The Labute approximate surface area is 182 Å². The topological polar surface area (TPSA) is 41.1 Å². The molecule has 0 fully saturated rings. The summed E-state index contributed by atoms with van der Waals surface area (Å²) in [5.74, 6) is -0.200. The molecule has 0 radical (unpaired) electrons. The van der Waals surface area contributed by atoms with Crippen LogP contribution in [0.2, 0.25) is 5.02 Å². The number of benzene rings is 4. The second-order valence-corrected chi connectivity index (χ2v) is 8.36. The summed E-state index contributed by atoms with van der Waals surface area (Å²) in [4.78, 5) is 13.4. The lowest BCUT2D eigenvalue weighted by atomic mass is 10.1. The van der Waals surface area contributed by atoms with Gasteiger partial charge < -0.3 is 10.6 Å². The molecule has 3 nitrogen and oxygen atoms in total. The fourth-order valence-electron chi connectivity index (χ4n) is 3.49. The van der Waals surface area contributed by atoms with Gasteiger partial charge in [-0.15, -0.1) is 11.3 Å². The Bertz CT molecular complexity index is 1360. The Morgan fingerprint density at radius 3 is 2.20 bits per heavy atom. The highest BCUT2D eigenvalue weighted by Crippen LogP contribution is 2.40. The summed E-state index contributed by atoms with van der Waals surface area (Å²) < 4.78 is 1.01. The number of rotatable bonds is 4. The van der Waals surface area contributed by atoms with Crippen LogP contribution < -0.4 is 10.6 Å². The Morgan fingerprint density at radius 2 is 1.40 bits per heavy atom. The minimum atomic E-state index is -0.200. The van der Waals surface area contributed by atoms with Gasteiger partial charge in [-0.25, -0.2) is 0 Å². The molecule has 5 heteroatoms. The molecule has 146 valence electrons. The summed E-state index contributed by atoms with van der Waals surface area (Å²) in [5.41, 5.74) is 2.68. The minimum absolute atomic E-state index is 0.200. The number of hydrogen-bond donors (Lipinski definition) is 2. The van der Waals surface area contributed by atoms with E-state index in [1.54, 1.807) is 0 Å². The summed E-state index contributed by atoms with van der Waals surface area (Å²) in [6.45, 7) is 0. The zero-order valence-corrected chi connectivity index (χ0v) is 17.4. The molecule has 0 spiro atoms. The normalized spacial score (nSPS) is 11.0. The molecule has 2 N–H and O–H groups in total. The van der Waals surface area contributed by atoms with Gasteiger partial charge in [-0.2, -0.15) is 0 Å². The van der Waals surface area contributed by atoms with E-state index in [0.29, 0.717) is 9.90 Å². The fourth-order valence-corrected chi connectivity index (χ4v) is 4.96. The van der Waals surface area contributed by atoms with Crippen LogP contribution in [0.1, 0.15) is 9.67 Å². The fraction of sp³-hybridized carbons (Fsp3) is 0. The monoisotopic (exact) mass is 428 g/mol. The Balaban J connectivity index is 1.39. The van der Waals surface area contributed by atoms with E-state index in [2.05, 4.69) is 16.7 Å². The number of nitrogens with one attached hydrogen (secondary N) is 2. The van der Waals surface area contributed by atoms with Gasteiger partial charge in [0.15, 0.2) is 0 Å². The van der Waals surface area contributed by atoms with Gasteiger partial charge in [-0.3, -0.25) is 4.79 Å². The van der Waals surface area contributed by atoms with Crippen LogP contribution in [0, 0.1) is 0 Å². The van der Waals surface area contributed by atoms with Crippen LogP contribution in [-0.2, 0) is 0 Å². The van der Waals surface area contributed by atoms with Gasteiger partial charge in [0.2, 0.25) is 0 Å². The maximum atomic E-state index is 12.9. The van der Waals surface area contributed by atoms with Gasteiger partial charge in [0.25, 0.3) is 5.91 Å². The standard InChI is InChI=1S/C25H17ClN2OS/c26-23-22-20-9-5-4-6-16(20)10-15-21(22)30-24(23)25(29)28-19-13-11-18(12-14-19)27-17-7-2-1-3-8-17/h1-15,27H,(H,28,29). The molecular formula is C25H17ClN2OS. The third-order valence-electron chi connectivity index (χ3n) is 4.93. The molecule has 5 aromatic rings. The van der Waals surface area contributed by atoms with Crippen molar-refractivity contribution in [2.45, 2.75) is 0 Å². The summed E-state index contributed by atoms with van der Waals surface area (Å²) in [6.07, 6.45) is 0. The van der Waals surface area contributed by atoms with Crippen LogP contribution in [-0.4, -0.2) is 5.91 Å². The van der Waals surface area contributed by atoms with Gasteiger partial charge in [-0.1, -0.05) is 60.1 Å². The molecule has 1 amide bonds. The first-order valence-electron chi connectivity index (χ1n) is 9.52. The zero-order chi connectivity index (χ0) is 20.5. The van der Waals surface area contributed by atoms with E-state index in [1.807, 2.05) is 84.9 Å². The van der Waals surface area contributed by atoms with Crippen molar-refractivity contribution in [1.29, 1.82) is 0 Å². The van der Waals surface area contributed by atoms with E-state index in [0.717, 1.165) is 37.9 Å². The molecule has 30 heavy (non-hydrogen) atoms. The number of carbonyl (C=O) groups is 1. The highest BCUT2D eigenvalue weighted by Gasteiger charge is 2.19. The molecule has 0 unspecified atom stereocenters. The van der Waals surface area contributed by atoms with Crippen LogP contribution >= 0.6 is 22.9 Å². The number of anilines is 3. The number of fused-ring (bicyclic) bond motifs is 3. The molecule has 0 saturated heterocycles. The van der Waals surface area contributed by atoms with Gasteiger partial charge in [-0.05, 0) is 53.2 Å². The van der Waals surface area contributed by atoms with E-state index in [4.69, 9.17) is 11.6 Å². The first kappa shape index (κ1) is 18.7. The van der Waals surface area contributed by atoms with E-state index < -0.39 is 0 Å². The molecule has 0 aliphatic rings. The average Bonchev–Trinajstić information content (AvgIpc) is 3.13. The third-order valence-corrected chi connectivity index (χ3v) is 6.58. The predicted octanol–water partition coefficient (Wildman–Crippen LogP) is 7.70. The van der Waals surface area contributed by atoms with Gasteiger partial charge >= 0.3 is 0 Å². The number of halogens is 1. The summed E-state index contributed by atoms with van der Waals surface area (Å²) in [6, 6.07) is 29.7. The van der Waals surface area contributed by atoms with Crippen LogP contribution in [0.3, 0.4) is 0 Å². The van der Waals surface area contributed by atoms with Gasteiger partial charge in [0.05, 0.1) is 5.02 Å². The molecule has 0 saturated carbocycles. The molecule has 5 rings (SSSR count).